The second kappa shape index (κ2) is 8.85. The van der Waals surface area contributed by atoms with Crippen LogP contribution >= 0.6 is 24.0 Å². The monoisotopic (exact) mass is 322 g/mol. The molecule has 0 bridgehead atoms. The molecular weight excluding hydrogens is 304 g/mol. The fourth-order valence-corrected chi connectivity index (χ4v) is 2.58. The van der Waals surface area contributed by atoms with E-state index in [2.05, 4.69) is 15.5 Å². The van der Waals surface area contributed by atoms with Crippen LogP contribution in [0, 0.1) is 10.7 Å². The molecule has 0 spiro atoms. The van der Waals surface area contributed by atoms with Crippen LogP contribution in [0.15, 0.2) is 29.2 Å². The van der Waals surface area contributed by atoms with E-state index in [0.29, 0.717) is 5.11 Å². The third-order valence-corrected chi connectivity index (χ3v) is 3.94. The molecule has 112 valence electrons. The van der Waals surface area contributed by atoms with Gasteiger partial charge in [0.2, 0.25) is 0 Å². The van der Waals surface area contributed by atoms with E-state index in [0.717, 1.165) is 61.7 Å². The lowest BCUT2D eigenvalue weighted by Gasteiger charge is -2.26. The highest BCUT2D eigenvalue weighted by Gasteiger charge is 2.09. The molecule has 1 aromatic rings. The zero-order chi connectivity index (χ0) is 14.9. The molecule has 1 aliphatic heterocycles. The zero-order valence-electron chi connectivity index (χ0n) is 11.7. The van der Waals surface area contributed by atoms with E-state index in [1.165, 1.54) is 0 Å². The van der Waals surface area contributed by atoms with Crippen molar-refractivity contribution in [1.82, 2.24) is 10.2 Å². The number of anilines is 1. The summed E-state index contributed by atoms with van der Waals surface area (Å²) in [5.74, 6) is 0. The predicted molar refractivity (Wildman–Crippen MR) is 89.4 cm³/mol. The molecule has 1 aromatic carbocycles. The molecule has 0 atom stereocenters. The van der Waals surface area contributed by atoms with Gasteiger partial charge in [0.15, 0.2) is 5.11 Å². The summed E-state index contributed by atoms with van der Waals surface area (Å²) in [6, 6.07) is 7.62. The first-order valence-electron chi connectivity index (χ1n) is 6.79. The second-order valence-corrected chi connectivity index (χ2v) is 5.82. The Kier molecular flexibility index (Phi) is 6.76. The molecule has 0 aromatic heterocycles. The highest BCUT2D eigenvalue weighted by atomic mass is 32.2. The van der Waals surface area contributed by atoms with Gasteiger partial charge in [0.05, 0.1) is 13.2 Å². The van der Waals surface area contributed by atoms with Crippen LogP contribution in [-0.2, 0) is 4.74 Å². The summed E-state index contributed by atoms with van der Waals surface area (Å²) in [6.45, 7) is 5.38. The Morgan fingerprint density at radius 1 is 1.33 bits per heavy atom. The number of nitriles is 1. The first-order chi connectivity index (χ1) is 10.3. The van der Waals surface area contributed by atoms with E-state index >= 15 is 0 Å². The molecule has 0 unspecified atom stereocenters. The van der Waals surface area contributed by atoms with Crippen molar-refractivity contribution in [2.24, 2.45) is 0 Å². The topological polar surface area (TPSA) is 60.3 Å². The molecule has 0 aliphatic carbocycles. The number of nitrogens with one attached hydrogen (secondary N) is 2. The minimum Gasteiger partial charge on any atom is -0.379 e. The number of thiocarbonyl (C=S) groups is 1. The Hall–Kier alpha value is -1.33. The van der Waals surface area contributed by atoms with E-state index in [-0.39, 0.29) is 0 Å². The molecule has 2 N–H and O–H groups in total. The van der Waals surface area contributed by atoms with Gasteiger partial charge in [-0.3, -0.25) is 4.90 Å². The van der Waals surface area contributed by atoms with E-state index in [1.54, 1.807) is 0 Å². The average molecular weight is 322 g/mol. The summed E-state index contributed by atoms with van der Waals surface area (Å²) in [5.41, 5.74) is 0.918. The molecular formula is C14H18N4OS2. The number of hydrogen-bond acceptors (Lipinski definition) is 5. The Morgan fingerprint density at radius 2 is 2.05 bits per heavy atom. The van der Waals surface area contributed by atoms with Gasteiger partial charge in [-0.2, -0.15) is 5.26 Å². The number of hydrogen-bond donors (Lipinski definition) is 2. The van der Waals surface area contributed by atoms with Gasteiger partial charge in [0.25, 0.3) is 0 Å². The fraction of sp³-hybridized carbons (Fsp3) is 0.429. The number of thioether (sulfide) groups is 1. The Labute approximate surface area is 134 Å². The number of morpholine rings is 1. The second-order valence-electron chi connectivity index (χ2n) is 4.55. The molecule has 1 fully saturated rings. The Bertz CT molecular complexity index is 495. The van der Waals surface area contributed by atoms with Crippen LogP contribution in [0.3, 0.4) is 0 Å². The van der Waals surface area contributed by atoms with Crippen molar-refractivity contribution in [3.8, 4) is 5.40 Å². The summed E-state index contributed by atoms with van der Waals surface area (Å²) in [7, 11) is 0. The van der Waals surface area contributed by atoms with Crippen LogP contribution in [0.25, 0.3) is 0 Å². The number of ether oxygens (including phenoxy) is 1. The van der Waals surface area contributed by atoms with Crippen molar-refractivity contribution in [2.75, 3.05) is 44.7 Å². The van der Waals surface area contributed by atoms with Crippen molar-refractivity contribution in [3.63, 3.8) is 0 Å². The standard InChI is InChI=1S/C14H18N4OS2/c15-11-21-13-3-1-12(2-4-13)17-14(20)16-5-6-18-7-9-19-10-8-18/h1-4H,5-10H2,(H2,16,17,20). The first kappa shape index (κ1) is 16.0. The van der Waals surface area contributed by atoms with Crippen LogP contribution < -0.4 is 10.6 Å². The van der Waals surface area contributed by atoms with Gasteiger partial charge >= 0.3 is 0 Å². The van der Waals surface area contributed by atoms with Crippen LogP contribution in [0.1, 0.15) is 0 Å². The lowest BCUT2D eigenvalue weighted by molar-refractivity contribution is 0.0389. The van der Waals surface area contributed by atoms with Crippen LogP contribution in [0.2, 0.25) is 0 Å². The molecule has 2 rings (SSSR count). The van der Waals surface area contributed by atoms with Crippen molar-refractivity contribution in [3.05, 3.63) is 24.3 Å². The van der Waals surface area contributed by atoms with Crippen LogP contribution in [0.4, 0.5) is 5.69 Å². The molecule has 1 heterocycles. The number of thiocyanates is 1. The van der Waals surface area contributed by atoms with Crippen molar-refractivity contribution < 1.29 is 4.74 Å². The maximum atomic E-state index is 8.59. The lowest BCUT2D eigenvalue weighted by Crippen LogP contribution is -2.42. The Balaban J connectivity index is 1.67. The van der Waals surface area contributed by atoms with Gasteiger partial charge < -0.3 is 15.4 Å². The van der Waals surface area contributed by atoms with E-state index in [9.17, 15) is 0 Å². The fourth-order valence-electron chi connectivity index (χ4n) is 1.99. The third kappa shape index (κ3) is 5.89. The van der Waals surface area contributed by atoms with Gasteiger partial charge in [-0.05, 0) is 48.2 Å². The summed E-state index contributed by atoms with van der Waals surface area (Å²) in [4.78, 5) is 3.28. The SMILES string of the molecule is N#CSc1ccc(NC(=S)NCCN2CCOCC2)cc1. The summed E-state index contributed by atoms with van der Waals surface area (Å²) in [6.07, 6.45) is 0. The van der Waals surface area contributed by atoms with Gasteiger partial charge in [-0.15, -0.1) is 0 Å². The van der Waals surface area contributed by atoms with E-state index in [1.807, 2.05) is 29.7 Å². The minimum atomic E-state index is 0.615. The summed E-state index contributed by atoms with van der Waals surface area (Å²) in [5, 5.41) is 17.6. The van der Waals surface area contributed by atoms with Crippen molar-refractivity contribution >= 4 is 34.8 Å². The lowest BCUT2D eigenvalue weighted by atomic mass is 10.3. The number of rotatable bonds is 5. The molecule has 1 saturated heterocycles. The Morgan fingerprint density at radius 3 is 2.71 bits per heavy atom. The quantitative estimate of drug-likeness (QED) is 0.487. The minimum absolute atomic E-state index is 0.615. The van der Waals surface area contributed by atoms with Crippen molar-refractivity contribution in [2.45, 2.75) is 4.90 Å². The van der Waals surface area contributed by atoms with Crippen LogP contribution in [0.5, 0.6) is 0 Å². The zero-order valence-corrected chi connectivity index (χ0v) is 13.3. The normalized spacial score (nSPS) is 15.2. The van der Waals surface area contributed by atoms with Gasteiger partial charge in [-0.1, -0.05) is 0 Å². The highest BCUT2D eigenvalue weighted by molar-refractivity contribution is 8.03. The van der Waals surface area contributed by atoms with Gasteiger partial charge in [-0.25, -0.2) is 0 Å². The average Bonchev–Trinajstić information content (AvgIpc) is 2.51. The largest absolute Gasteiger partial charge is 0.379 e. The third-order valence-electron chi connectivity index (χ3n) is 3.09. The summed E-state index contributed by atoms with van der Waals surface area (Å²) < 4.78 is 5.31. The molecule has 5 nitrogen and oxygen atoms in total. The van der Waals surface area contributed by atoms with E-state index < -0.39 is 0 Å². The molecule has 1 aliphatic rings. The van der Waals surface area contributed by atoms with Crippen LogP contribution in [-0.4, -0.2) is 49.4 Å². The van der Waals surface area contributed by atoms with E-state index in [4.69, 9.17) is 22.2 Å². The molecule has 0 saturated carbocycles. The first-order valence-corrected chi connectivity index (χ1v) is 8.01. The maximum absolute atomic E-state index is 8.59. The van der Waals surface area contributed by atoms with Gasteiger partial charge in [0, 0.05) is 36.8 Å². The van der Waals surface area contributed by atoms with Gasteiger partial charge in [0.1, 0.15) is 5.40 Å². The molecule has 21 heavy (non-hydrogen) atoms. The smallest absolute Gasteiger partial charge is 0.170 e. The number of nitrogens with zero attached hydrogens (tertiary/aromatic N) is 2. The maximum Gasteiger partial charge on any atom is 0.170 e. The predicted octanol–water partition coefficient (Wildman–Crippen LogP) is 1.88. The number of benzene rings is 1. The molecule has 0 radical (unpaired) electrons. The summed E-state index contributed by atoms with van der Waals surface area (Å²) >= 11 is 6.41. The van der Waals surface area contributed by atoms with Crippen molar-refractivity contribution in [1.29, 1.82) is 5.26 Å². The molecule has 7 heteroatoms. The highest BCUT2D eigenvalue weighted by Crippen LogP contribution is 2.18. The molecule has 0 amide bonds.